The molecule has 0 aliphatic carbocycles. The van der Waals surface area contributed by atoms with Crippen LogP contribution in [0.1, 0.15) is 38.5 Å². The van der Waals surface area contributed by atoms with Crippen molar-refractivity contribution in [1.29, 1.82) is 0 Å². The predicted molar refractivity (Wildman–Crippen MR) is 66.7 cm³/mol. The third-order valence-corrected chi connectivity index (χ3v) is 3.57. The maximum absolute atomic E-state index is 10.2. The summed E-state index contributed by atoms with van der Waals surface area (Å²) in [4.78, 5) is 0. The molecule has 0 amide bonds. The summed E-state index contributed by atoms with van der Waals surface area (Å²) in [6.45, 7) is 1.07. The van der Waals surface area contributed by atoms with Gasteiger partial charge in [-0.1, -0.05) is 25.7 Å². The maximum Gasteiger partial charge on any atom is 0.408 e. The second kappa shape index (κ2) is 10.3. The average Bonchev–Trinajstić information content (AvgIpc) is 2.19. The van der Waals surface area contributed by atoms with E-state index in [4.69, 9.17) is 4.55 Å². The van der Waals surface area contributed by atoms with Crippen LogP contribution in [0.15, 0.2) is 0 Å². The molecule has 0 radical (unpaired) electrons. The van der Waals surface area contributed by atoms with Crippen molar-refractivity contribution in [1.82, 2.24) is 5.32 Å². The molecule has 0 saturated heterocycles. The van der Waals surface area contributed by atoms with Crippen molar-refractivity contribution >= 4 is 22.4 Å². The van der Waals surface area contributed by atoms with Gasteiger partial charge in [0.25, 0.3) is 0 Å². The van der Waals surface area contributed by atoms with Gasteiger partial charge in [-0.3, -0.25) is 4.55 Å². The van der Waals surface area contributed by atoms with E-state index in [0.717, 1.165) is 37.8 Å². The van der Waals surface area contributed by atoms with Crippen molar-refractivity contribution in [3.05, 3.63) is 0 Å². The lowest BCUT2D eigenvalue weighted by molar-refractivity contribution is 0.407. The van der Waals surface area contributed by atoms with Crippen molar-refractivity contribution in [2.45, 2.75) is 38.5 Å². The first kappa shape index (κ1) is 16.2. The number of rotatable bonds is 11. The van der Waals surface area contributed by atoms with E-state index in [2.05, 4.69) is 8.95 Å². The van der Waals surface area contributed by atoms with Crippen molar-refractivity contribution < 1.29 is 16.6 Å². The Kier molecular flexibility index (Phi) is 10.5. The summed E-state index contributed by atoms with van der Waals surface area (Å²) < 4.78 is 32.7. The van der Waals surface area contributed by atoms with Crippen LogP contribution in [-0.4, -0.2) is 32.3 Å². The molecular formula is C9H21NO4S2. The smallest absolute Gasteiger partial charge is 0.320 e. The van der Waals surface area contributed by atoms with E-state index in [9.17, 15) is 8.42 Å². The Labute approximate surface area is 102 Å². The third kappa shape index (κ3) is 14.2. The molecule has 0 atom stereocenters. The molecule has 0 rings (SSSR count). The van der Waals surface area contributed by atoms with Crippen LogP contribution in [0, 0.1) is 0 Å². The first-order valence-electron chi connectivity index (χ1n) is 5.49. The van der Waals surface area contributed by atoms with Crippen molar-refractivity contribution in [2.75, 3.05) is 19.3 Å². The molecule has 0 spiro atoms. The van der Waals surface area contributed by atoms with Gasteiger partial charge in [0, 0.05) is 17.8 Å². The van der Waals surface area contributed by atoms with Gasteiger partial charge in [0.2, 0.25) is 0 Å². The Balaban J connectivity index is 3.05. The van der Waals surface area contributed by atoms with Crippen LogP contribution in [0.3, 0.4) is 0 Å². The van der Waals surface area contributed by atoms with Crippen LogP contribution in [-0.2, 0) is 14.0 Å². The highest BCUT2D eigenvalue weighted by molar-refractivity contribution is 8.02. The van der Waals surface area contributed by atoms with Crippen molar-refractivity contribution in [2.24, 2.45) is 0 Å². The minimum absolute atomic E-state index is 0.594. The van der Waals surface area contributed by atoms with Gasteiger partial charge in [-0.25, -0.2) is 0 Å². The van der Waals surface area contributed by atoms with Crippen molar-refractivity contribution in [3.63, 3.8) is 0 Å². The van der Waals surface area contributed by atoms with Crippen LogP contribution < -0.4 is 5.32 Å². The number of hydrogen-bond donors (Lipinski definition) is 2. The summed E-state index contributed by atoms with van der Waals surface area (Å²) in [6.07, 6.45) is 6.79. The molecule has 0 aliphatic heterocycles. The summed E-state index contributed by atoms with van der Waals surface area (Å²) in [5, 5.41) is 3.10. The van der Waals surface area contributed by atoms with Crippen LogP contribution in [0.4, 0.5) is 0 Å². The fourth-order valence-electron chi connectivity index (χ4n) is 1.26. The average molecular weight is 271 g/mol. The molecule has 0 heterocycles. The van der Waals surface area contributed by atoms with E-state index in [1.807, 2.05) is 7.05 Å². The first-order valence-corrected chi connectivity index (χ1v) is 7.77. The van der Waals surface area contributed by atoms with Crippen LogP contribution in [0.5, 0.6) is 0 Å². The summed E-state index contributed by atoms with van der Waals surface area (Å²) in [6, 6.07) is 0. The normalized spacial score (nSPS) is 11.9. The van der Waals surface area contributed by atoms with Gasteiger partial charge >= 0.3 is 10.4 Å². The van der Waals surface area contributed by atoms with Gasteiger partial charge in [0.15, 0.2) is 0 Å². The Morgan fingerprint density at radius 3 is 2.25 bits per heavy atom. The summed E-state index contributed by atoms with van der Waals surface area (Å²) in [7, 11) is -2.32. The zero-order valence-corrected chi connectivity index (χ0v) is 11.3. The summed E-state index contributed by atoms with van der Waals surface area (Å²) >= 11 is 0.784. The molecule has 0 fully saturated rings. The molecule has 2 N–H and O–H groups in total. The van der Waals surface area contributed by atoms with Gasteiger partial charge in [-0.2, -0.15) is 12.0 Å². The molecule has 16 heavy (non-hydrogen) atoms. The lowest BCUT2D eigenvalue weighted by Gasteiger charge is -2.01. The highest BCUT2D eigenvalue weighted by atomic mass is 32.3. The van der Waals surface area contributed by atoms with Crippen LogP contribution >= 0.6 is 12.0 Å². The van der Waals surface area contributed by atoms with Crippen LogP contribution in [0.25, 0.3) is 0 Å². The molecule has 0 aliphatic rings. The molecule has 7 heteroatoms. The Morgan fingerprint density at radius 2 is 1.69 bits per heavy atom. The molecular weight excluding hydrogens is 250 g/mol. The van der Waals surface area contributed by atoms with Gasteiger partial charge in [-0.05, 0) is 26.4 Å². The molecule has 98 valence electrons. The maximum atomic E-state index is 10.2. The number of unbranched alkanes of at least 4 members (excludes halogenated alkanes) is 5. The second-order valence-electron chi connectivity index (χ2n) is 3.54. The van der Waals surface area contributed by atoms with Gasteiger partial charge in [0.1, 0.15) is 0 Å². The van der Waals surface area contributed by atoms with E-state index >= 15 is 0 Å². The third-order valence-electron chi connectivity index (χ3n) is 2.04. The zero-order valence-electron chi connectivity index (χ0n) is 9.65. The molecule has 0 saturated carbocycles. The fourth-order valence-corrected chi connectivity index (χ4v) is 2.35. The number of hydrogen-bond acceptors (Lipinski definition) is 5. The van der Waals surface area contributed by atoms with E-state index in [1.165, 1.54) is 19.3 Å². The van der Waals surface area contributed by atoms with Gasteiger partial charge in [-0.15, -0.1) is 0 Å². The first-order chi connectivity index (χ1) is 7.56. The number of nitrogens with one attached hydrogen (secondary N) is 1. The highest BCUT2D eigenvalue weighted by Crippen LogP contribution is 2.12. The Bertz CT molecular complexity index is 244. The highest BCUT2D eigenvalue weighted by Gasteiger charge is 2.03. The van der Waals surface area contributed by atoms with Gasteiger partial charge in [0.05, 0.1) is 0 Å². The van der Waals surface area contributed by atoms with Crippen LogP contribution in [0.2, 0.25) is 0 Å². The minimum Gasteiger partial charge on any atom is -0.320 e. The standard InChI is InChI=1S/C9H21NO4S2/c1-10-8-6-4-2-3-5-7-9-15-14-16(11,12)13/h10H,2-9H2,1H3,(H,11,12,13). The molecule has 0 aromatic heterocycles. The Morgan fingerprint density at radius 1 is 1.12 bits per heavy atom. The van der Waals surface area contributed by atoms with E-state index < -0.39 is 10.4 Å². The summed E-state index contributed by atoms with van der Waals surface area (Å²) in [5.74, 6) is 0.594. The van der Waals surface area contributed by atoms with Crippen molar-refractivity contribution in [3.8, 4) is 0 Å². The second-order valence-corrected chi connectivity index (χ2v) is 5.59. The monoisotopic (exact) mass is 271 g/mol. The molecule has 0 unspecified atom stereocenters. The minimum atomic E-state index is -4.28. The Hall–Kier alpha value is 0.180. The lowest BCUT2D eigenvalue weighted by Crippen LogP contribution is -2.06. The largest absolute Gasteiger partial charge is 0.408 e. The predicted octanol–water partition coefficient (Wildman–Crippen LogP) is 2.01. The lowest BCUT2D eigenvalue weighted by atomic mass is 10.1. The zero-order chi connectivity index (χ0) is 12.3. The van der Waals surface area contributed by atoms with E-state index in [0.29, 0.717) is 5.75 Å². The quantitative estimate of drug-likeness (QED) is 0.340. The van der Waals surface area contributed by atoms with Gasteiger partial charge < -0.3 is 5.32 Å². The molecule has 0 aromatic rings. The van der Waals surface area contributed by atoms with E-state index in [-0.39, 0.29) is 0 Å². The summed E-state index contributed by atoms with van der Waals surface area (Å²) in [5.41, 5.74) is 0. The fraction of sp³-hybridized carbons (Fsp3) is 1.00. The molecule has 0 bridgehead atoms. The topological polar surface area (TPSA) is 75.6 Å². The SMILES string of the molecule is CNCCCCCCCCSOS(=O)(=O)O. The molecule has 0 aromatic carbocycles. The molecule has 5 nitrogen and oxygen atoms in total. The van der Waals surface area contributed by atoms with E-state index in [1.54, 1.807) is 0 Å².